The molecule has 0 saturated carbocycles. The summed E-state index contributed by atoms with van der Waals surface area (Å²) in [6.07, 6.45) is 0.293. The molecule has 0 radical (unpaired) electrons. The Morgan fingerprint density at radius 1 is 1.15 bits per heavy atom. The Balaban J connectivity index is 2.18. The van der Waals surface area contributed by atoms with Crippen LogP contribution in [0.2, 0.25) is 5.02 Å². The van der Waals surface area contributed by atoms with Crippen molar-refractivity contribution in [2.45, 2.75) is 72.1 Å². The number of hydrogen-bond donors (Lipinski definition) is 3. The van der Waals surface area contributed by atoms with Gasteiger partial charge < -0.3 is 20.1 Å². The van der Waals surface area contributed by atoms with Crippen molar-refractivity contribution in [3.05, 3.63) is 28.8 Å². The fourth-order valence-corrected chi connectivity index (χ4v) is 3.72. The maximum absolute atomic E-state index is 13.2. The van der Waals surface area contributed by atoms with Gasteiger partial charge in [-0.05, 0) is 57.2 Å². The molecule has 1 aliphatic rings. The highest BCUT2D eigenvalue weighted by atomic mass is 35.5. The fraction of sp³-hybridized carbons (Fsp3) is 0.565. The third-order valence-electron chi connectivity index (χ3n) is 5.08. The number of hydrogen-bond acceptors (Lipinski definition) is 5. The molecule has 1 heterocycles. The molecule has 10 heteroatoms. The van der Waals surface area contributed by atoms with Crippen LogP contribution in [0.25, 0.3) is 0 Å². The molecule has 2 rings (SSSR count). The minimum Gasteiger partial charge on any atom is -0.480 e. The molecule has 3 N–H and O–H groups in total. The summed E-state index contributed by atoms with van der Waals surface area (Å²) in [6, 6.07) is 2.48. The van der Waals surface area contributed by atoms with Crippen molar-refractivity contribution in [2.75, 3.05) is 11.9 Å². The van der Waals surface area contributed by atoms with Crippen LogP contribution in [-0.4, -0.2) is 58.1 Å². The number of rotatable bonds is 5. The van der Waals surface area contributed by atoms with Crippen LogP contribution >= 0.6 is 11.6 Å². The standard InChI is InChI=1S/C23H32ClN3O6/c1-22(2,3)17(19(29)27-11-7-8-16(27)20(30)31)26-18(28)13-9-10-15(14(24)12-13)25-21(32)33-23(4,5)6/h9-10,12,16-17H,7-8,11H2,1-6H3,(H,25,32)(H,26,28)(H,30,31)/t16-,17-/m1/s1. The first kappa shape index (κ1) is 26.4. The van der Waals surface area contributed by atoms with Crippen LogP contribution in [0.5, 0.6) is 0 Å². The smallest absolute Gasteiger partial charge is 0.412 e. The van der Waals surface area contributed by atoms with Gasteiger partial charge in [0.1, 0.15) is 17.7 Å². The van der Waals surface area contributed by atoms with E-state index in [2.05, 4.69) is 10.6 Å². The Morgan fingerprint density at radius 3 is 2.30 bits per heavy atom. The first-order valence-corrected chi connectivity index (χ1v) is 11.1. The molecule has 1 aromatic rings. The van der Waals surface area contributed by atoms with Crippen molar-refractivity contribution >= 4 is 41.2 Å². The van der Waals surface area contributed by atoms with E-state index in [1.807, 2.05) is 0 Å². The lowest BCUT2D eigenvalue weighted by Crippen LogP contribution is -2.56. The molecule has 1 fully saturated rings. The summed E-state index contributed by atoms with van der Waals surface area (Å²) in [5.74, 6) is -2.03. The number of amides is 3. The largest absolute Gasteiger partial charge is 0.480 e. The summed E-state index contributed by atoms with van der Waals surface area (Å²) >= 11 is 6.24. The molecule has 1 aromatic carbocycles. The number of likely N-dealkylation sites (tertiary alicyclic amines) is 1. The maximum atomic E-state index is 13.2. The summed E-state index contributed by atoms with van der Waals surface area (Å²) in [6.45, 7) is 10.9. The van der Waals surface area contributed by atoms with Crippen LogP contribution in [0.4, 0.5) is 10.5 Å². The van der Waals surface area contributed by atoms with Gasteiger partial charge in [-0.1, -0.05) is 32.4 Å². The molecule has 182 valence electrons. The third kappa shape index (κ3) is 7.08. The number of carbonyl (C=O) groups is 4. The highest BCUT2D eigenvalue weighted by Gasteiger charge is 2.42. The second-order valence-electron chi connectivity index (χ2n) is 10.1. The van der Waals surface area contributed by atoms with Crippen molar-refractivity contribution in [3.8, 4) is 0 Å². The van der Waals surface area contributed by atoms with Crippen molar-refractivity contribution < 1.29 is 29.0 Å². The summed E-state index contributed by atoms with van der Waals surface area (Å²) in [4.78, 5) is 50.9. The normalized spacial score (nSPS) is 17.3. The number of benzene rings is 1. The van der Waals surface area contributed by atoms with Crippen LogP contribution in [-0.2, 0) is 14.3 Å². The summed E-state index contributed by atoms with van der Waals surface area (Å²) in [7, 11) is 0. The minimum atomic E-state index is -1.06. The number of carboxylic acids is 1. The van der Waals surface area contributed by atoms with Gasteiger partial charge in [-0.25, -0.2) is 9.59 Å². The van der Waals surface area contributed by atoms with Crippen molar-refractivity contribution in [1.82, 2.24) is 10.2 Å². The third-order valence-corrected chi connectivity index (χ3v) is 5.39. The zero-order chi connectivity index (χ0) is 25.1. The van der Waals surface area contributed by atoms with E-state index in [4.69, 9.17) is 16.3 Å². The average Bonchev–Trinajstić information content (AvgIpc) is 3.14. The van der Waals surface area contributed by atoms with Gasteiger partial charge in [0.05, 0.1) is 10.7 Å². The zero-order valence-electron chi connectivity index (χ0n) is 19.8. The fourth-order valence-electron chi connectivity index (χ4n) is 3.49. The van der Waals surface area contributed by atoms with Crippen LogP contribution in [0.3, 0.4) is 0 Å². The minimum absolute atomic E-state index is 0.123. The number of anilines is 1. The summed E-state index contributed by atoms with van der Waals surface area (Å²) in [5.41, 5.74) is -0.888. The van der Waals surface area contributed by atoms with Gasteiger partial charge in [-0.3, -0.25) is 14.9 Å². The van der Waals surface area contributed by atoms with Crippen LogP contribution in [0.15, 0.2) is 18.2 Å². The Kier molecular flexibility index (Phi) is 8.00. The van der Waals surface area contributed by atoms with E-state index in [9.17, 15) is 24.3 Å². The molecule has 0 aromatic heterocycles. The molecule has 0 unspecified atom stereocenters. The highest BCUT2D eigenvalue weighted by Crippen LogP contribution is 2.27. The van der Waals surface area contributed by atoms with Crippen molar-refractivity contribution in [2.24, 2.45) is 5.41 Å². The number of ether oxygens (including phenoxy) is 1. The Labute approximate surface area is 198 Å². The molecule has 33 heavy (non-hydrogen) atoms. The lowest BCUT2D eigenvalue weighted by molar-refractivity contribution is -0.150. The van der Waals surface area contributed by atoms with Gasteiger partial charge in [0.2, 0.25) is 5.91 Å². The van der Waals surface area contributed by atoms with Gasteiger partial charge in [-0.2, -0.15) is 0 Å². The molecular weight excluding hydrogens is 450 g/mol. The Hall–Kier alpha value is -2.81. The molecule has 1 aliphatic heterocycles. The number of carbonyl (C=O) groups excluding carboxylic acids is 3. The zero-order valence-corrected chi connectivity index (χ0v) is 20.6. The molecule has 0 aliphatic carbocycles. The molecular formula is C23H32ClN3O6. The maximum Gasteiger partial charge on any atom is 0.412 e. The predicted octanol–water partition coefficient (Wildman–Crippen LogP) is 3.91. The Bertz CT molecular complexity index is 935. The quantitative estimate of drug-likeness (QED) is 0.585. The number of nitrogens with one attached hydrogen (secondary N) is 2. The topological polar surface area (TPSA) is 125 Å². The van der Waals surface area contributed by atoms with Crippen molar-refractivity contribution in [3.63, 3.8) is 0 Å². The lowest BCUT2D eigenvalue weighted by Gasteiger charge is -2.34. The number of nitrogens with zero attached hydrogens (tertiary/aromatic N) is 1. The molecule has 2 atom stereocenters. The molecule has 3 amide bonds. The van der Waals surface area contributed by atoms with Gasteiger partial charge in [0.25, 0.3) is 5.91 Å². The van der Waals surface area contributed by atoms with E-state index in [0.717, 1.165) is 0 Å². The monoisotopic (exact) mass is 481 g/mol. The Morgan fingerprint density at radius 2 is 1.79 bits per heavy atom. The van der Waals surface area contributed by atoms with Gasteiger partial charge in [0.15, 0.2) is 0 Å². The first-order valence-electron chi connectivity index (χ1n) is 10.7. The van der Waals surface area contributed by atoms with E-state index in [-0.39, 0.29) is 16.3 Å². The number of aliphatic carboxylic acids is 1. The van der Waals surface area contributed by atoms with Crippen LogP contribution in [0, 0.1) is 5.41 Å². The molecule has 0 bridgehead atoms. The predicted molar refractivity (Wildman–Crippen MR) is 124 cm³/mol. The van der Waals surface area contributed by atoms with Gasteiger partial charge >= 0.3 is 12.1 Å². The van der Waals surface area contributed by atoms with Crippen LogP contribution in [0.1, 0.15) is 64.7 Å². The second kappa shape index (κ2) is 9.99. The molecule has 0 spiro atoms. The van der Waals surface area contributed by atoms with E-state index in [1.165, 1.54) is 23.1 Å². The van der Waals surface area contributed by atoms with E-state index >= 15 is 0 Å². The first-order chi connectivity index (χ1) is 15.1. The van der Waals surface area contributed by atoms with Gasteiger partial charge in [-0.15, -0.1) is 0 Å². The average molecular weight is 482 g/mol. The van der Waals surface area contributed by atoms with E-state index < -0.39 is 47.0 Å². The highest BCUT2D eigenvalue weighted by molar-refractivity contribution is 6.34. The summed E-state index contributed by atoms with van der Waals surface area (Å²) < 4.78 is 5.19. The van der Waals surface area contributed by atoms with Crippen molar-refractivity contribution in [1.29, 1.82) is 0 Å². The molecule has 1 saturated heterocycles. The van der Waals surface area contributed by atoms with E-state index in [1.54, 1.807) is 41.5 Å². The second-order valence-corrected chi connectivity index (χ2v) is 10.5. The summed E-state index contributed by atoms with van der Waals surface area (Å²) in [5, 5.41) is 14.8. The lowest BCUT2D eigenvalue weighted by atomic mass is 9.85. The molecule has 9 nitrogen and oxygen atoms in total. The van der Waals surface area contributed by atoms with Gasteiger partial charge in [0, 0.05) is 12.1 Å². The van der Waals surface area contributed by atoms with E-state index in [0.29, 0.717) is 19.4 Å². The number of carboxylic acid groups (broad SMARTS) is 1. The SMILES string of the molecule is CC(C)(C)OC(=O)Nc1ccc(C(=O)N[C@H](C(=O)N2CCC[C@@H]2C(=O)O)C(C)(C)C)cc1Cl. The van der Waals surface area contributed by atoms with Crippen LogP contribution < -0.4 is 10.6 Å². The number of halogens is 1.